The first kappa shape index (κ1) is 32.9. The van der Waals surface area contributed by atoms with Crippen LogP contribution in [0.2, 0.25) is 0 Å². The van der Waals surface area contributed by atoms with Crippen LogP contribution >= 0.6 is 0 Å². The van der Waals surface area contributed by atoms with Crippen molar-refractivity contribution in [1.82, 2.24) is 10.6 Å². The lowest BCUT2D eigenvalue weighted by molar-refractivity contribution is -0.148. The van der Waals surface area contributed by atoms with E-state index < -0.39 is 48.5 Å². The molecule has 2 amide bonds. The third-order valence-electron chi connectivity index (χ3n) is 7.95. The third-order valence-corrected chi connectivity index (χ3v) is 7.95. The Kier molecular flexibility index (Phi) is 11.0. The smallest absolute Gasteiger partial charge is 0.407 e. The molecule has 47 heavy (non-hydrogen) atoms. The van der Waals surface area contributed by atoms with E-state index in [-0.39, 0.29) is 25.7 Å². The molecule has 3 N–H and O–H groups in total. The number of carbonyl (C=O) groups is 4. The van der Waals surface area contributed by atoms with Gasteiger partial charge in [0.2, 0.25) is 5.91 Å². The number of alkyl carbamates (subject to hydrolysis) is 1. The fourth-order valence-electron chi connectivity index (χ4n) is 5.49. The van der Waals surface area contributed by atoms with Crippen LogP contribution in [-0.4, -0.2) is 53.8 Å². The number of nitrogens with one attached hydrogen (secondary N) is 2. The fourth-order valence-corrected chi connectivity index (χ4v) is 5.49. The first-order chi connectivity index (χ1) is 22.8. The average Bonchev–Trinajstić information content (AvgIpc) is 3.41. The van der Waals surface area contributed by atoms with Crippen molar-refractivity contribution in [2.45, 2.75) is 50.7 Å². The van der Waals surface area contributed by atoms with Crippen molar-refractivity contribution in [2.75, 3.05) is 6.61 Å². The van der Waals surface area contributed by atoms with Crippen LogP contribution in [0.3, 0.4) is 0 Å². The van der Waals surface area contributed by atoms with Crippen LogP contribution in [0.15, 0.2) is 109 Å². The zero-order chi connectivity index (χ0) is 33.2. The van der Waals surface area contributed by atoms with E-state index in [0.717, 1.165) is 33.4 Å². The van der Waals surface area contributed by atoms with Gasteiger partial charge in [0.1, 0.15) is 19.3 Å². The summed E-state index contributed by atoms with van der Waals surface area (Å²) in [6, 6.07) is 30.9. The van der Waals surface area contributed by atoms with Crippen LogP contribution in [0.1, 0.15) is 41.5 Å². The van der Waals surface area contributed by atoms with Crippen molar-refractivity contribution in [3.05, 3.63) is 131 Å². The highest BCUT2D eigenvalue weighted by Crippen LogP contribution is 2.44. The highest BCUT2D eigenvalue weighted by atomic mass is 16.6. The topological polar surface area (TPSA) is 140 Å². The number of rotatable bonds is 14. The van der Waals surface area contributed by atoms with E-state index in [4.69, 9.17) is 14.2 Å². The van der Waals surface area contributed by atoms with E-state index >= 15 is 0 Å². The molecule has 1 aliphatic carbocycles. The van der Waals surface area contributed by atoms with Crippen molar-refractivity contribution in [1.29, 1.82) is 0 Å². The van der Waals surface area contributed by atoms with Gasteiger partial charge in [-0.2, -0.15) is 0 Å². The first-order valence-corrected chi connectivity index (χ1v) is 15.3. The summed E-state index contributed by atoms with van der Waals surface area (Å²) >= 11 is 0. The minimum Gasteiger partial charge on any atom is -0.480 e. The predicted octanol–water partition coefficient (Wildman–Crippen LogP) is 5.20. The number of aliphatic carboxylic acids is 1. The quantitative estimate of drug-likeness (QED) is 0.161. The van der Waals surface area contributed by atoms with E-state index in [2.05, 4.69) is 10.6 Å². The molecule has 4 aromatic carbocycles. The lowest BCUT2D eigenvalue weighted by Gasteiger charge is -2.25. The number of amides is 2. The van der Waals surface area contributed by atoms with Gasteiger partial charge in [-0.3, -0.25) is 9.59 Å². The van der Waals surface area contributed by atoms with Gasteiger partial charge in [-0.1, -0.05) is 109 Å². The Morgan fingerprint density at radius 2 is 1.23 bits per heavy atom. The van der Waals surface area contributed by atoms with Crippen LogP contribution in [0.25, 0.3) is 11.1 Å². The Bertz CT molecular complexity index is 1650. The average molecular weight is 637 g/mol. The van der Waals surface area contributed by atoms with Gasteiger partial charge in [0, 0.05) is 5.92 Å². The Balaban J connectivity index is 1.25. The Morgan fingerprint density at radius 3 is 1.81 bits per heavy atom. The maximum Gasteiger partial charge on any atom is 0.407 e. The summed E-state index contributed by atoms with van der Waals surface area (Å²) in [5, 5.41) is 14.8. The van der Waals surface area contributed by atoms with E-state index in [1.54, 1.807) is 24.3 Å². The number of benzene rings is 4. The Labute approximate surface area is 272 Å². The lowest BCUT2D eigenvalue weighted by atomic mass is 9.98. The monoisotopic (exact) mass is 636 g/mol. The highest BCUT2D eigenvalue weighted by molar-refractivity contribution is 5.92. The van der Waals surface area contributed by atoms with Gasteiger partial charge in [0.15, 0.2) is 6.04 Å². The molecular weight excluding hydrogens is 600 g/mol. The highest BCUT2D eigenvalue weighted by Gasteiger charge is 2.34. The maximum atomic E-state index is 13.5. The minimum atomic E-state index is -1.49. The summed E-state index contributed by atoms with van der Waals surface area (Å²) in [7, 11) is 0. The number of carboxylic acids is 1. The van der Waals surface area contributed by atoms with Gasteiger partial charge in [0.25, 0.3) is 0 Å². The van der Waals surface area contributed by atoms with Gasteiger partial charge in [-0.15, -0.1) is 0 Å². The SMILES string of the molecule is C[C@@H](OCc1ccccc1)[C@H](NC(=O)[C@H](CC(=O)OCc1ccccc1)NC(=O)OCC1c2ccccc2-c2ccccc21)C(=O)O. The van der Waals surface area contributed by atoms with Crippen molar-refractivity contribution >= 4 is 23.9 Å². The molecule has 1 aliphatic rings. The molecule has 3 atom stereocenters. The van der Waals surface area contributed by atoms with Gasteiger partial charge < -0.3 is 30.0 Å². The molecule has 0 radical (unpaired) electrons. The molecule has 0 spiro atoms. The number of carbonyl (C=O) groups excluding carboxylic acids is 3. The number of esters is 1. The van der Waals surface area contributed by atoms with E-state index in [9.17, 15) is 24.3 Å². The summed E-state index contributed by atoms with van der Waals surface area (Å²) in [5.74, 6) is -3.24. The second-order valence-electron chi connectivity index (χ2n) is 11.2. The van der Waals surface area contributed by atoms with Gasteiger partial charge in [-0.25, -0.2) is 9.59 Å². The van der Waals surface area contributed by atoms with Crippen molar-refractivity contribution in [2.24, 2.45) is 0 Å². The third kappa shape index (κ3) is 8.62. The summed E-state index contributed by atoms with van der Waals surface area (Å²) in [6.45, 7) is 1.58. The lowest BCUT2D eigenvalue weighted by Crippen LogP contribution is -2.55. The van der Waals surface area contributed by atoms with Gasteiger partial charge in [-0.05, 0) is 40.3 Å². The van der Waals surface area contributed by atoms with Crippen molar-refractivity contribution in [3.8, 4) is 11.1 Å². The van der Waals surface area contributed by atoms with Crippen molar-refractivity contribution < 1.29 is 38.5 Å². The largest absolute Gasteiger partial charge is 0.480 e. The molecule has 0 fully saturated rings. The normalized spacial score (nSPS) is 13.7. The fraction of sp³-hybridized carbons (Fsp3) is 0.243. The maximum absolute atomic E-state index is 13.5. The first-order valence-electron chi connectivity index (χ1n) is 15.3. The molecule has 0 unspecified atom stereocenters. The number of hydrogen-bond donors (Lipinski definition) is 3. The molecule has 10 heteroatoms. The molecule has 0 saturated carbocycles. The molecular formula is C37H36N2O8. The zero-order valence-corrected chi connectivity index (χ0v) is 25.8. The summed E-state index contributed by atoms with van der Waals surface area (Å²) in [5.41, 5.74) is 5.69. The van der Waals surface area contributed by atoms with E-state index in [1.807, 2.05) is 84.9 Å². The number of hydrogen-bond acceptors (Lipinski definition) is 7. The van der Waals surface area contributed by atoms with Crippen LogP contribution in [0, 0.1) is 0 Å². The Hall–Kier alpha value is -5.48. The number of fused-ring (bicyclic) bond motifs is 3. The molecule has 4 aromatic rings. The molecule has 0 heterocycles. The Morgan fingerprint density at radius 1 is 0.702 bits per heavy atom. The van der Waals surface area contributed by atoms with Gasteiger partial charge >= 0.3 is 18.0 Å². The number of carboxylic acid groups (broad SMARTS) is 1. The molecule has 5 rings (SSSR count). The van der Waals surface area contributed by atoms with Crippen LogP contribution < -0.4 is 10.6 Å². The van der Waals surface area contributed by atoms with E-state index in [0.29, 0.717) is 0 Å². The zero-order valence-electron chi connectivity index (χ0n) is 25.8. The number of ether oxygens (including phenoxy) is 3. The standard InChI is InChI=1S/C37H36N2O8/c1-24(45-21-25-12-4-2-5-13-25)34(36(42)43)39-35(41)32(20-33(40)46-22-26-14-6-3-7-15-26)38-37(44)47-23-31-29-18-10-8-16-27(29)28-17-9-11-19-30(28)31/h2-19,24,31-32,34H,20-23H2,1H3,(H,38,44)(H,39,41)(H,42,43)/t24-,32+,34+/m1/s1. The molecule has 0 aliphatic heterocycles. The second kappa shape index (κ2) is 15.7. The minimum absolute atomic E-state index is 0.0191. The van der Waals surface area contributed by atoms with E-state index in [1.165, 1.54) is 6.92 Å². The molecule has 0 saturated heterocycles. The summed E-state index contributed by atoms with van der Waals surface area (Å²) in [6.07, 6.45) is -2.45. The van der Waals surface area contributed by atoms with Crippen LogP contribution in [0.4, 0.5) is 4.79 Å². The second-order valence-corrected chi connectivity index (χ2v) is 11.2. The van der Waals surface area contributed by atoms with Crippen LogP contribution in [0.5, 0.6) is 0 Å². The molecule has 242 valence electrons. The molecule has 0 bridgehead atoms. The molecule has 10 nitrogen and oxygen atoms in total. The molecule has 0 aromatic heterocycles. The predicted molar refractivity (Wildman–Crippen MR) is 173 cm³/mol. The summed E-state index contributed by atoms with van der Waals surface area (Å²) < 4.78 is 16.7. The van der Waals surface area contributed by atoms with Gasteiger partial charge in [0.05, 0.1) is 19.1 Å². The van der Waals surface area contributed by atoms with Crippen molar-refractivity contribution in [3.63, 3.8) is 0 Å². The summed E-state index contributed by atoms with van der Waals surface area (Å²) in [4.78, 5) is 51.6. The van der Waals surface area contributed by atoms with Crippen LogP contribution in [-0.2, 0) is 41.8 Å².